The van der Waals surface area contributed by atoms with Crippen LogP contribution in [0.3, 0.4) is 0 Å². The molecule has 104 valence electrons. The summed E-state index contributed by atoms with van der Waals surface area (Å²) in [5.74, 6) is 0.292. The number of nitrogens with one attached hydrogen (secondary N) is 1. The number of hydrogen-bond donors (Lipinski definition) is 1. The van der Waals surface area contributed by atoms with Crippen LogP contribution in [0.1, 0.15) is 31.1 Å². The standard InChI is InChI=1S/C13H16ClNO4/c1-13(2,3)19-12(17)15-11-8(7-16)5-9(14)6-10(11)18-4/h5-7H,1-4H3,(H,15,17). The summed E-state index contributed by atoms with van der Waals surface area (Å²) in [6.07, 6.45) is -0.0857. The van der Waals surface area contributed by atoms with Crippen molar-refractivity contribution in [3.63, 3.8) is 0 Å². The van der Waals surface area contributed by atoms with Crippen LogP contribution in [0.15, 0.2) is 12.1 Å². The fraction of sp³-hybridized carbons (Fsp3) is 0.385. The van der Waals surface area contributed by atoms with Crippen molar-refractivity contribution in [1.82, 2.24) is 0 Å². The number of hydrogen-bond acceptors (Lipinski definition) is 4. The highest BCUT2D eigenvalue weighted by atomic mass is 35.5. The Morgan fingerprint density at radius 3 is 2.47 bits per heavy atom. The number of aldehydes is 1. The average Bonchev–Trinajstić information content (AvgIpc) is 2.28. The molecule has 0 aliphatic rings. The molecule has 0 fully saturated rings. The maximum Gasteiger partial charge on any atom is 0.412 e. The number of carbonyl (C=O) groups excluding carboxylic acids is 2. The van der Waals surface area contributed by atoms with E-state index in [1.807, 2.05) is 0 Å². The SMILES string of the molecule is COc1cc(Cl)cc(C=O)c1NC(=O)OC(C)(C)C. The number of ether oxygens (including phenoxy) is 2. The van der Waals surface area contributed by atoms with Gasteiger partial charge in [-0.1, -0.05) is 11.6 Å². The van der Waals surface area contributed by atoms with Crippen molar-refractivity contribution in [2.75, 3.05) is 12.4 Å². The van der Waals surface area contributed by atoms with Crippen LogP contribution in [-0.2, 0) is 4.74 Å². The van der Waals surface area contributed by atoms with E-state index in [1.165, 1.54) is 19.2 Å². The summed E-state index contributed by atoms with van der Waals surface area (Å²) in [4.78, 5) is 22.7. The van der Waals surface area contributed by atoms with Gasteiger partial charge in [-0.15, -0.1) is 0 Å². The minimum atomic E-state index is -0.670. The molecule has 1 aromatic carbocycles. The summed E-state index contributed by atoms with van der Waals surface area (Å²) < 4.78 is 10.2. The third-order valence-corrected chi connectivity index (χ3v) is 2.29. The molecule has 0 atom stereocenters. The fourth-order valence-corrected chi connectivity index (χ4v) is 1.61. The second-order valence-corrected chi connectivity index (χ2v) is 5.25. The second-order valence-electron chi connectivity index (χ2n) is 4.82. The maximum absolute atomic E-state index is 11.7. The molecule has 0 aromatic heterocycles. The Morgan fingerprint density at radius 1 is 1.37 bits per heavy atom. The predicted octanol–water partition coefficient (Wildman–Crippen LogP) is 3.51. The minimum Gasteiger partial charge on any atom is -0.494 e. The first kappa shape index (κ1) is 15.3. The third-order valence-electron chi connectivity index (χ3n) is 2.07. The van der Waals surface area contributed by atoms with E-state index in [1.54, 1.807) is 20.8 Å². The highest BCUT2D eigenvalue weighted by molar-refractivity contribution is 6.31. The molecule has 0 bridgehead atoms. The quantitative estimate of drug-likeness (QED) is 0.863. The van der Waals surface area contributed by atoms with Crippen LogP contribution in [0.25, 0.3) is 0 Å². The molecule has 0 spiro atoms. The molecule has 5 nitrogen and oxygen atoms in total. The summed E-state index contributed by atoms with van der Waals surface area (Å²) in [5.41, 5.74) is -0.184. The van der Waals surface area contributed by atoms with E-state index < -0.39 is 11.7 Å². The molecule has 0 radical (unpaired) electrons. The lowest BCUT2D eigenvalue weighted by molar-refractivity contribution is 0.0635. The summed E-state index contributed by atoms with van der Waals surface area (Å²) in [7, 11) is 1.42. The Morgan fingerprint density at radius 2 is 2.00 bits per heavy atom. The molecule has 0 unspecified atom stereocenters. The van der Waals surface area contributed by atoms with Gasteiger partial charge in [-0.25, -0.2) is 4.79 Å². The molecule has 1 amide bonds. The van der Waals surface area contributed by atoms with E-state index in [2.05, 4.69) is 5.32 Å². The minimum absolute atomic E-state index is 0.218. The second kappa shape index (κ2) is 5.93. The van der Waals surface area contributed by atoms with E-state index in [0.717, 1.165) is 0 Å². The predicted molar refractivity (Wildman–Crippen MR) is 73.2 cm³/mol. The number of rotatable bonds is 3. The number of methoxy groups -OCH3 is 1. The number of benzene rings is 1. The van der Waals surface area contributed by atoms with Gasteiger partial charge in [-0.3, -0.25) is 10.1 Å². The largest absolute Gasteiger partial charge is 0.494 e. The Bertz CT molecular complexity index is 494. The molecule has 19 heavy (non-hydrogen) atoms. The number of halogens is 1. The maximum atomic E-state index is 11.7. The first-order chi connectivity index (χ1) is 8.76. The molecule has 0 saturated heterocycles. The highest BCUT2D eigenvalue weighted by Gasteiger charge is 2.19. The Hall–Kier alpha value is -1.75. The fourth-order valence-electron chi connectivity index (χ4n) is 1.40. The van der Waals surface area contributed by atoms with Crippen LogP contribution >= 0.6 is 11.6 Å². The third kappa shape index (κ3) is 4.44. The lowest BCUT2D eigenvalue weighted by Crippen LogP contribution is -2.27. The number of anilines is 1. The molecule has 1 rings (SSSR count). The number of amides is 1. The molecule has 0 aliphatic carbocycles. The van der Waals surface area contributed by atoms with Gasteiger partial charge in [-0.05, 0) is 26.8 Å². The summed E-state index contributed by atoms with van der Waals surface area (Å²) in [6, 6.07) is 2.94. The van der Waals surface area contributed by atoms with Gasteiger partial charge in [0.1, 0.15) is 11.4 Å². The Balaban J connectivity index is 3.06. The van der Waals surface area contributed by atoms with Gasteiger partial charge in [0.2, 0.25) is 0 Å². The van der Waals surface area contributed by atoms with Crippen molar-refractivity contribution in [2.45, 2.75) is 26.4 Å². The van der Waals surface area contributed by atoms with Gasteiger partial charge in [0, 0.05) is 16.7 Å². The smallest absolute Gasteiger partial charge is 0.412 e. The van der Waals surface area contributed by atoms with Crippen molar-refractivity contribution >= 4 is 29.7 Å². The van der Waals surface area contributed by atoms with Gasteiger partial charge >= 0.3 is 6.09 Å². The number of carbonyl (C=O) groups is 2. The first-order valence-corrected chi connectivity index (χ1v) is 5.97. The van der Waals surface area contributed by atoms with Crippen molar-refractivity contribution in [3.8, 4) is 5.75 Å². The average molecular weight is 286 g/mol. The molecule has 6 heteroatoms. The van der Waals surface area contributed by atoms with Crippen molar-refractivity contribution in [2.24, 2.45) is 0 Å². The van der Waals surface area contributed by atoms with E-state index in [0.29, 0.717) is 17.1 Å². The Labute approximate surface area is 116 Å². The molecule has 0 aliphatic heterocycles. The van der Waals surface area contributed by atoms with Crippen LogP contribution in [-0.4, -0.2) is 25.1 Å². The van der Waals surface area contributed by atoms with Gasteiger partial charge < -0.3 is 9.47 Å². The molecule has 0 saturated carbocycles. The Kier molecular flexibility index (Phi) is 4.78. The first-order valence-electron chi connectivity index (χ1n) is 5.59. The van der Waals surface area contributed by atoms with E-state index >= 15 is 0 Å². The van der Waals surface area contributed by atoms with E-state index in [9.17, 15) is 9.59 Å². The summed E-state index contributed by atoms with van der Waals surface area (Å²) in [5, 5.41) is 2.83. The molecule has 1 aromatic rings. The van der Waals surface area contributed by atoms with Crippen LogP contribution in [0, 0.1) is 0 Å². The van der Waals surface area contributed by atoms with Gasteiger partial charge in [0.15, 0.2) is 6.29 Å². The molecule has 1 N–H and O–H groups in total. The van der Waals surface area contributed by atoms with Gasteiger partial charge in [-0.2, -0.15) is 0 Å². The zero-order valence-corrected chi connectivity index (χ0v) is 12.0. The van der Waals surface area contributed by atoms with Crippen LogP contribution in [0.5, 0.6) is 5.75 Å². The van der Waals surface area contributed by atoms with Crippen LogP contribution < -0.4 is 10.1 Å². The highest BCUT2D eigenvalue weighted by Crippen LogP contribution is 2.31. The zero-order valence-electron chi connectivity index (χ0n) is 11.2. The normalized spacial score (nSPS) is 10.8. The van der Waals surface area contributed by atoms with E-state index in [-0.39, 0.29) is 11.3 Å². The lowest BCUT2D eigenvalue weighted by atomic mass is 10.1. The van der Waals surface area contributed by atoms with Crippen molar-refractivity contribution in [1.29, 1.82) is 0 Å². The topological polar surface area (TPSA) is 64.6 Å². The van der Waals surface area contributed by atoms with Crippen molar-refractivity contribution < 1.29 is 19.1 Å². The van der Waals surface area contributed by atoms with E-state index in [4.69, 9.17) is 21.1 Å². The van der Waals surface area contributed by atoms with Crippen LogP contribution in [0.2, 0.25) is 5.02 Å². The van der Waals surface area contributed by atoms with Gasteiger partial charge in [0.05, 0.1) is 12.8 Å². The van der Waals surface area contributed by atoms with Crippen LogP contribution in [0.4, 0.5) is 10.5 Å². The van der Waals surface area contributed by atoms with Crippen molar-refractivity contribution in [3.05, 3.63) is 22.7 Å². The summed E-state index contributed by atoms with van der Waals surface area (Å²) >= 11 is 5.84. The molecule has 0 heterocycles. The molecular formula is C13H16ClNO4. The zero-order chi connectivity index (χ0) is 14.6. The summed E-state index contributed by atoms with van der Waals surface area (Å²) in [6.45, 7) is 5.23. The lowest BCUT2D eigenvalue weighted by Gasteiger charge is -2.20. The van der Waals surface area contributed by atoms with Gasteiger partial charge in [0.25, 0.3) is 0 Å². The molecular weight excluding hydrogens is 270 g/mol. The monoisotopic (exact) mass is 285 g/mol.